The fourth-order valence-electron chi connectivity index (χ4n) is 2.96. The van der Waals surface area contributed by atoms with Crippen LogP contribution < -0.4 is 5.32 Å². The van der Waals surface area contributed by atoms with Crippen LogP contribution in [0.5, 0.6) is 0 Å². The van der Waals surface area contributed by atoms with E-state index in [0.29, 0.717) is 24.7 Å². The minimum atomic E-state index is -0.855. The van der Waals surface area contributed by atoms with Crippen molar-refractivity contribution in [1.29, 1.82) is 0 Å². The zero-order valence-electron chi connectivity index (χ0n) is 13.4. The second-order valence-corrected chi connectivity index (χ2v) is 5.96. The number of carbonyl (C=O) groups is 1. The number of aromatic nitrogens is 1. The Balaban J connectivity index is 1.60. The lowest BCUT2D eigenvalue weighted by Crippen LogP contribution is -2.44. The standard InChI is InChI=1S/C17H19F2N3O2/c1-11-20-8-14(24-11)9-21-17(23)22-6-2-3-13(10-22)12-4-5-15(18)16(19)7-12/h4-5,7-8,13H,2-3,6,9-10H2,1H3,(H,21,23). The number of benzene rings is 1. The molecule has 1 saturated heterocycles. The quantitative estimate of drug-likeness (QED) is 0.936. The summed E-state index contributed by atoms with van der Waals surface area (Å²) in [7, 11) is 0. The molecule has 1 aromatic carbocycles. The molecule has 1 atom stereocenters. The van der Waals surface area contributed by atoms with E-state index >= 15 is 0 Å². The second kappa shape index (κ2) is 6.98. The number of carbonyl (C=O) groups excluding carboxylic acids is 1. The van der Waals surface area contributed by atoms with Gasteiger partial charge in [-0.05, 0) is 30.5 Å². The average molecular weight is 335 g/mol. The summed E-state index contributed by atoms with van der Waals surface area (Å²) in [5.41, 5.74) is 0.720. The Morgan fingerprint density at radius 3 is 2.96 bits per heavy atom. The van der Waals surface area contributed by atoms with E-state index in [1.165, 1.54) is 6.07 Å². The van der Waals surface area contributed by atoms with Crippen molar-refractivity contribution in [3.05, 3.63) is 53.2 Å². The Kier molecular flexibility index (Phi) is 4.78. The molecular weight excluding hydrogens is 316 g/mol. The molecule has 1 fully saturated rings. The molecule has 24 heavy (non-hydrogen) atoms. The SMILES string of the molecule is Cc1ncc(CNC(=O)N2CCCC(c3ccc(F)c(F)c3)C2)o1. The van der Waals surface area contributed by atoms with Crippen LogP contribution in [-0.4, -0.2) is 29.0 Å². The van der Waals surface area contributed by atoms with Gasteiger partial charge < -0.3 is 14.6 Å². The molecular formula is C17H19F2N3O2. The fourth-order valence-corrected chi connectivity index (χ4v) is 2.96. The van der Waals surface area contributed by atoms with E-state index in [1.807, 2.05) is 0 Å². The maximum atomic E-state index is 13.4. The van der Waals surface area contributed by atoms with Crippen molar-refractivity contribution < 1.29 is 18.0 Å². The molecule has 3 rings (SSSR count). The summed E-state index contributed by atoms with van der Waals surface area (Å²) in [5.74, 6) is -0.556. The van der Waals surface area contributed by atoms with E-state index < -0.39 is 11.6 Å². The highest BCUT2D eigenvalue weighted by Gasteiger charge is 2.25. The summed E-state index contributed by atoms with van der Waals surface area (Å²) in [6, 6.07) is 3.74. The molecule has 1 unspecified atom stereocenters. The van der Waals surface area contributed by atoms with Gasteiger partial charge in [-0.15, -0.1) is 0 Å². The van der Waals surface area contributed by atoms with Crippen molar-refractivity contribution in [2.24, 2.45) is 0 Å². The van der Waals surface area contributed by atoms with Crippen LogP contribution in [0.3, 0.4) is 0 Å². The number of likely N-dealkylation sites (tertiary alicyclic amines) is 1. The van der Waals surface area contributed by atoms with Gasteiger partial charge in [-0.2, -0.15) is 0 Å². The molecule has 1 aromatic heterocycles. The average Bonchev–Trinajstić information content (AvgIpc) is 3.00. The predicted octanol–water partition coefficient (Wildman–Crippen LogP) is 3.35. The predicted molar refractivity (Wildman–Crippen MR) is 83.4 cm³/mol. The first-order valence-electron chi connectivity index (χ1n) is 7.92. The van der Waals surface area contributed by atoms with Crippen LogP contribution in [0.15, 0.2) is 28.8 Å². The molecule has 1 aliphatic rings. The number of halogens is 2. The van der Waals surface area contributed by atoms with E-state index in [0.717, 1.165) is 24.5 Å². The number of oxazole rings is 1. The van der Waals surface area contributed by atoms with Gasteiger partial charge in [-0.25, -0.2) is 18.6 Å². The van der Waals surface area contributed by atoms with Crippen molar-refractivity contribution in [2.75, 3.05) is 13.1 Å². The normalized spacial score (nSPS) is 17.8. The molecule has 0 radical (unpaired) electrons. The molecule has 5 nitrogen and oxygen atoms in total. The lowest BCUT2D eigenvalue weighted by Gasteiger charge is -2.33. The van der Waals surface area contributed by atoms with Crippen LogP contribution in [0.4, 0.5) is 13.6 Å². The Morgan fingerprint density at radius 1 is 1.42 bits per heavy atom. The summed E-state index contributed by atoms with van der Waals surface area (Å²) in [6.45, 7) is 3.13. The van der Waals surface area contributed by atoms with Gasteiger partial charge >= 0.3 is 6.03 Å². The van der Waals surface area contributed by atoms with Crippen molar-refractivity contribution >= 4 is 6.03 Å². The molecule has 2 aromatic rings. The maximum Gasteiger partial charge on any atom is 0.317 e. The highest BCUT2D eigenvalue weighted by atomic mass is 19.2. The summed E-state index contributed by atoms with van der Waals surface area (Å²) in [5, 5.41) is 2.79. The Labute approximate surface area is 138 Å². The summed E-state index contributed by atoms with van der Waals surface area (Å²) < 4.78 is 31.8. The van der Waals surface area contributed by atoms with Gasteiger partial charge in [0.15, 0.2) is 17.5 Å². The zero-order valence-corrected chi connectivity index (χ0v) is 13.4. The maximum absolute atomic E-state index is 13.4. The third-order valence-electron chi connectivity index (χ3n) is 4.21. The molecule has 1 aliphatic heterocycles. The monoisotopic (exact) mass is 335 g/mol. The summed E-state index contributed by atoms with van der Waals surface area (Å²) in [6.07, 6.45) is 3.24. The van der Waals surface area contributed by atoms with Crippen LogP contribution in [0, 0.1) is 18.6 Å². The molecule has 7 heteroatoms. The second-order valence-electron chi connectivity index (χ2n) is 5.96. The highest BCUT2D eigenvalue weighted by Crippen LogP contribution is 2.28. The molecule has 0 aliphatic carbocycles. The van der Waals surface area contributed by atoms with Crippen molar-refractivity contribution in [3.63, 3.8) is 0 Å². The molecule has 0 spiro atoms. The third-order valence-corrected chi connectivity index (χ3v) is 4.21. The number of amides is 2. The van der Waals surface area contributed by atoms with Gasteiger partial charge in [0.05, 0.1) is 12.7 Å². The minimum Gasteiger partial charge on any atom is -0.444 e. The number of nitrogens with zero attached hydrogens (tertiary/aromatic N) is 2. The number of rotatable bonds is 3. The first kappa shape index (κ1) is 16.4. The number of aryl methyl sites for hydroxylation is 1. The summed E-state index contributed by atoms with van der Waals surface area (Å²) >= 11 is 0. The highest BCUT2D eigenvalue weighted by molar-refractivity contribution is 5.74. The van der Waals surface area contributed by atoms with E-state index in [9.17, 15) is 13.6 Å². The minimum absolute atomic E-state index is 0.00660. The molecule has 2 heterocycles. The Bertz CT molecular complexity index is 732. The topological polar surface area (TPSA) is 58.4 Å². The third kappa shape index (κ3) is 3.72. The van der Waals surface area contributed by atoms with E-state index in [2.05, 4.69) is 10.3 Å². The zero-order chi connectivity index (χ0) is 17.1. The van der Waals surface area contributed by atoms with E-state index in [-0.39, 0.29) is 18.5 Å². The van der Waals surface area contributed by atoms with Crippen LogP contribution in [0.1, 0.15) is 36.0 Å². The van der Waals surface area contributed by atoms with Gasteiger partial charge in [-0.1, -0.05) is 6.07 Å². The number of piperidine rings is 1. The molecule has 2 amide bonds. The first-order valence-corrected chi connectivity index (χ1v) is 7.92. The van der Waals surface area contributed by atoms with Gasteiger partial charge in [0.1, 0.15) is 5.76 Å². The van der Waals surface area contributed by atoms with Crippen LogP contribution in [-0.2, 0) is 6.54 Å². The lowest BCUT2D eigenvalue weighted by molar-refractivity contribution is 0.178. The van der Waals surface area contributed by atoms with Gasteiger partial charge in [0.2, 0.25) is 0 Å². The van der Waals surface area contributed by atoms with Crippen LogP contribution in [0.2, 0.25) is 0 Å². The summed E-state index contributed by atoms with van der Waals surface area (Å²) in [4.78, 5) is 18.0. The molecule has 0 bridgehead atoms. The number of hydrogen-bond acceptors (Lipinski definition) is 3. The van der Waals surface area contributed by atoms with Gasteiger partial charge in [0, 0.05) is 25.9 Å². The Morgan fingerprint density at radius 2 is 2.25 bits per heavy atom. The number of urea groups is 1. The number of hydrogen-bond donors (Lipinski definition) is 1. The molecule has 1 N–H and O–H groups in total. The lowest BCUT2D eigenvalue weighted by atomic mass is 9.90. The van der Waals surface area contributed by atoms with Crippen LogP contribution in [0.25, 0.3) is 0 Å². The first-order chi connectivity index (χ1) is 11.5. The Hall–Kier alpha value is -2.44. The van der Waals surface area contributed by atoms with E-state index in [4.69, 9.17) is 4.42 Å². The number of nitrogens with one attached hydrogen (secondary N) is 1. The van der Waals surface area contributed by atoms with Crippen molar-refractivity contribution in [1.82, 2.24) is 15.2 Å². The van der Waals surface area contributed by atoms with E-state index in [1.54, 1.807) is 24.1 Å². The smallest absolute Gasteiger partial charge is 0.317 e. The van der Waals surface area contributed by atoms with Crippen LogP contribution >= 0.6 is 0 Å². The molecule has 0 saturated carbocycles. The van der Waals surface area contributed by atoms with Gasteiger partial charge in [-0.3, -0.25) is 0 Å². The molecule has 128 valence electrons. The largest absolute Gasteiger partial charge is 0.444 e. The van der Waals surface area contributed by atoms with Crippen molar-refractivity contribution in [2.45, 2.75) is 32.2 Å². The van der Waals surface area contributed by atoms with Crippen molar-refractivity contribution in [3.8, 4) is 0 Å². The van der Waals surface area contributed by atoms with Gasteiger partial charge in [0.25, 0.3) is 0 Å². The fraction of sp³-hybridized carbons (Fsp3) is 0.412.